The molecule has 0 radical (unpaired) electrons. The quantitative estimate of drug-likeness (QED) is 0.190. The van der Waals surface area contributed by atoms with Crippen LogP contribution < -0.4 is 0 Å². The number of unbranched alkanes of at least 4 members (excludes halogenated alkanes) is 1. The Morgan fingerprint density at radius 3 is 2.31 bits per heavy atom. The first-order valence-electron chi connectivity index (χ1n) is 13.7. The minimum Gasteiger partial charge on any atom is -0.259 e. The van der Waals surface area contributed by atoms with Gasteiger partial charge in [-0.25, -0.2) is 17.6 Å². The van der Waals surface area contributed by atoms with Crippen molar-refractivity contribution in [3.63, 3.8) is 0 Å². The highest BCUT2D eigenvalue weighted by atomic mass is 35.5. The molecule has 1 unspecified atom stereocenters. The summed E-state index contributed by atoms with van der Waals surface area (Å²) in [5, 5.41) is 0.0845. The maximum Gasteiger partial charge on any atom is 0.162 e. The van der Waals surface area contributed by atoms with Crippen molar-refractivity contribution in [3.05, 3.63) is 98.7 Å². The predicted molar refractivity (Wildman–Crippen MR) is 160 cm³/mol. The monoisotopic (exact) mass is 563 g/mol. The number of hydrogen-bond acceptors (Lipinski definition) is 1. The van der Waals surface area contributed by atoms with Gasteiger partial charge >= 0.3 is 0 Å². The number of aryl methyl sites for hydroxylation is 1. The van der Waals surface area contributed by atoms with Crippen LogP contribution in [0, 0.1) is 17.5 Å². The zero-order valence-corrected chi connectivity index (χ0v) is 25.0. The molecule has 0 saturated carbocycles. The number of rotatable bonds is 11. The van der Waals surface area contributed by atoms with Crippen molar-refractivity contribution < 1.29 is 17.6 Å². The van der Waals surface area contributed by atoms with Crippen LogP contribution in [0.2, 0.25) is 5.02 Å². The standard InChI is InChI=1S/C24H28ClF3.C9H14FN/c1-5-7-10-18(20-14-21(25)23(27)13-17(20)9-6-2)15(3)16(4)19-11-8-12-22(26)24(19)28;1-4-6-8(3)11-7-9(10)5-2/h8,11-14,16H,5-7,9-10H2,1-4H3;5-7H,4H2,1-3H3/b18-15+;8-6+,9-5+,11-7+. The average molecular weight is 564 g/mol. The van der Waals surface area contributed by atoms with Gasteiger partial charge in [-0.15, -0.1) is 0 Å². The molecule has 39 heavy (non-hydrogen) atoms. The molecule has 2 aromatic rings. The Morgan fingerprint density at radius 1 is 1.03 bits per heavy atom. The second kappa shape index (κ2) is 17.8. The molecule has 2 rings (SSSR count). The van der Waals surface area contributed by atoms with Crippen molar-refractivity contribution >= 4 is 23.4 Å². The zero-order valence-electron chi connectivity index (χ0n) is 24.3. The van der Waals surface area contributed by atoms with E-state index >= 15 is 0 Å². The van der Waals surface area contributed by atoms with Gasteiger partial charge in [0.1, 0.15) is 11.6 Å². The van der Waals surface area contributed by atoms with E-state index in [4.69, 9.17) is 11.6 Å². The molecule has 214 valence electrons. The number of halogens is 5. The van der Waals surface area contributed by atoms with Crippen LogP contribution in [-0.2, 0) is 6.42 Å². The minimum atomic E-state index is -0.844. The molecule has 0 aliphatic carbocycles. The molecule has 0 saturated heterocycles. The van der Waals surface area contributed by atoms with Crippen LogP contribution in [0.4, 0.5) is 17.6 Å². The Kier molecular flexibility index (Phi) is 15.7. The van der Waals surface area contributed by atoms with Crippen molar-refractivity contribution in [1.82, 2.24) is 0 Å². The molecular formula is C33H42ClF4N. The van der Waals surface area contributed by atoms with Crippen molar-refractivity contribution in [2.75, 3.05) is 0 Å². The largest absolute Gasteiger partial charge is 0.259 e. The lowest BCUT2D eigenvalue weighted by Gasteiger charge is -2.22. The van der Waals surface area contributed by atoms with E-state index in [1.54, 1.807) is 19.1 Å². The van der Waals surface area contributed by atoms with Crippen molar-refractivity contribution in [2.24, 2.45) is 4.99 Å². The Labute approximate surface area is 237 Å². The summed E-state index contributed by atoms with van der Waals surface area (Å²) in [5.74, 6) is -2.68. The van der Waals surface area contributed by atoms with Crippen molar-refractivity contribution in [2.45, 2.75) is 92.9 Å². The van der Waals surface area contributed by atoms with E-state index in [-0.39, 0.29) is 16.8 Å². The van der Waals surface area contributed by atoms with Crippen molar-refractivity contribution in [1.29, 1.82) is 0 Å². The van der Waals surface area contributed by atoms with Gasteiger partial charge in [-0.3, -0.25) is 4.99 Å². The second-order valence-electron chi connectivity index (χ2n) is 9.49. The Balaban J connectivity index is 0.000000584. The zero-order chi connectivity index (χ0) is 29.5. The first kappa shape index (κ1) is 34.4. The van der Waals surface area contributed by atoms with Gasteiger partial charge in [-0.1, -0.05) is 82.0 Å². The summed E-state index contributed by atoms with van der Waals surface area (Å²) in [7, 11) is 0. The SMILES string of the molecule is CCCC/C(=C(/C)C(C)c1cccc(F)c1F)c1cc(Cl)c(F)cc1CCC.C\C=C(F)/C=N/C(C)=C/CC. The van der Waals surface area contributed by atoms with E-state index < -0.39 is 17.5 Å². The molecule has 0 amide bonds. The van der Waals surface area contributed by atoms with E-state index in [0.29, 0.717) is 5.56 Å². The normalized spacial score (nSPS) is 13.7. The molecule has 0 bridgehead atoms. The van der Waals surface area contributed by atoms with Crippen LogP contribution in [0.1, 0.15) is 103 Å². The van der Waals surface area contributed by atoms with E-state index in [0.717, 1.165) is 72.6 Å². The maximum atomic E-state index is 14.4. The molecule has 0 aliphatic heterocycles. The summed E-state index contributed by atoms with van der Waals surface area (Å²) < 4.78 is 54.6. The Bertz CT molecular complexity index is 1190. The lowest BCUT2D eigenvalue weighted by atomic mass is 9.83. The minimum absolute atomic E-state index is 0.0845. The van der Waals surface area contributed by atoms with E-state index in [1.807, 2.05) is 40.7 Å². The first-order valence-corrected chi connectivity index (χ1v) is 14.0. The van der Waals surface area contributed by atoms with Crippen LogP contribution >= 0.6 is 11.6 Å². The molecule has 0 fully saturated rings. The highest BCUT2D eigenvalue weighted by molar-refractivity contribution is 6.31. The molecule has 0 heterocycles. The van der Waals surface area contributed by atoms with Gasteiger partial charge in [-0.2, -0.15) is 0 Å². The smallest absolute Gasteiger partial charge is 0.162 e. The van der Waals surface area contributed by atoms with Crippen molar-refractivity contribution in [3.8, 4) is 0 Å². The predicted octanol–water partition coefficient (Wildman–Crippen LogP) is 11.7. The highest BCUT2D eigenvalue weighted by Crippen LogP contribution is 2.37. The molecule has 2 aromatic carbocycles. The Morgan fingerprint density at radius 2 is 1.72 bits per heavy atom. The van der Waals surface area contributed by atoms with Gasteiger partial charge in [0.15, 0.2) is 11.6 Å². The lowest BCUT2D eigenvalue weighted by molar-refractivity contribution is 0.495. The highest BCUT2D eigenvalue weighted by Gasteiger charge is 2.21. The molecule has 1 nitrogen and oxygen atoms in total. The fourth-order valence-electron chi connectivity index (χ4n) is 4.18. The third-order valence-corrected chi connectivity index (χ3v) is 6.80. The topological polar surface area (TPSA) is 12.4 Å². The number of hydrogen-bond donors (Lipinski definition) is 0. The summed E-state index contributed by atoms with van der Waals surface area (Å²) in [6.07, 6.45) is 9.81. The molecule has 1 atom stereocenters. The molecule has 6 heteroatoms. The third kappa shape index (κ3) is 10.8. The van der Waals surface area contributed by atoms with E-state index in [1.165, 1.54) is 24.4 Å². The first-order chi connectivity index (χ1) is 18.5. The van der Waals surface area contributed by atoms with Crippen LogP contribution in [0.25, 0.3) is 5.57 Å². The Hall–Kier alpha value is -2.66. The molecule has 0 aliphatic rings. The van der Waals surface area contributed by atoms with Gasteiger partial charge in [0.25, 0.3) is 0 Å². The van der Waals surface area contributed by atoms with Gasteiger partial charge in [0.2, 0.25) is 0 Å². The van der Waals surface area contributed by atoms with Crippen LogP contribution in [0.5, 0.6) is 0 Å². The number of benzene rings is 2. The number of aliphatic imine (C=N–C) groups is 1. The fourth-order valence-corrected chi connectivity index (χ4v) is 4.34. The number of nitrogens with zero attached hydrogens (tertiary/aromatic N) is 1. The van der Waals surface area contributed by atoms with Gasteiger partial charge in [-0.05, 0) is 86.9 Å². The van der Waals surface area contributed by atoms with E-state index in [2.05, 4.69) is 11.9 Å². The summed E-state index contributed by atoms with van der Waals surface area (Å²) in [4.78, 5) is 3.88. The second-order valence-corrected chi connectivity index (χ2v) is 9.90. The van der Waals surface area contributed by atoms with E-state index in [9.17, 15) is 17.6 Å². The van der Waals surface area contributed by atoms with Crippen LogP contribution in [-0.4, -0.2) is 6.21 Å². The summed E-state index contributed by atoms with van der Waals surface area (Å²) in [6.45, 7) is 13.5. The van der Waals surface area contributed by atoms with Crippen LogP contribution in [0.15, 0.2) is 64.6 Å². The molecule has 0 N–H and O–H groups in total. The fraction of sp³-hybridized carbons (Fsp3) is 0.424. The summed E-state index contributed by atoms with van der Waals surface area (Å²) >= 11 is 6.10. The van der Waals surface area contributed by atoms with Gasteiger partial charge < -0.3 is 0 Å². The van der Waals surface area contributed by atoms with Gasteiger partial charge in [0.05, 0.1) is 11.2 Å². The maximum absolute atomic E-state index is 14.4. The summed E-state index contributed by atoms with van der Waals surface area (Å²) in [5.41, 5.74) is 5.01. The van der Waals surface area contributed by atoms with Gasteiger partial charge in [0, 0.05) is 11.6 Å². The average Bonchev–Trinajstić information content (AvgIpc) is 2.91. The summed E-state index contributed by atoms with van der Waals surface area (Å²) in [6, 6.07) is 7.47. The lowest BCUT2D eigenvalue weighted by Crippen LogP contribution is -2.05. The third-order valence-electron chi connectivity index (χ3n) is 6.51. The molecular weight excluding hydrogens is 522 g/mol. The molecule has 0 aromatic heterocycles. The number of allylic oxidation sites excluding steroid dienone is 6. The van der Waals surface area contributed by atoms with Crippen LogP contribution in [0.3, 0.4) is 0 Å². The molecule has 0 spiro atoms.